The second-order valence-electron chi connectivity index (χ2n) is 5.35. The Balaban J connectivity index is 1.83. The number of nitrogens with one attached hydrogen (secondary N) is 1. The van der Waals surface area contributed by atoms with Crippen molar-refractivity contribution < 1.29 is 4.79 Å². The summed E-state index contributed by atoms with van der Waals surface area (Å²) < 4.78 is 1.61. The standard InChI is InChI=1S/C13H22N4O/c1-9-3-5-10(6-4-9)13(18)15-7-11-8-16-17(2)12(11)14/h8-10H,3-7,14H2,1-2H3,(H,15,18). The molecule has 0 aliphatic heterocycles. The van der Waals surface area contributed by atoms with Gasteiger partial charge in [-0.05, 0) is 31.6 Å². The van der Waals surface area contributed by atoms with Gasteiger partial charge in [0.15, 0.2) is 0 Å². The summed E-state index contributed by atoms with van der Waals surface area (Å²) in [4.78, 5) is 12.0. The zero-order valence-corrected chi connectivity index (χ0v) is 11.1. The molecule has 1 saturated carbocycles. The van der Waals surface area contributed by atoms with Crippen molar-refractivity contribution in [2.75, 3.05) is 5.73 Å². The van der Waals surface area contributed by atoms with E-state index < -0.39 is 0 Å². The molecule has 0 saturated heterocycles. The second kappa shape index (κ2) is 5.42. The molecule has 0 atom stereocenters. The van der Waals surface area contributed by atoms with E-state index in [2.05, 4.69) is 17.3 Å². The highest BCUT2D eigenvalue weighted by atomic mass is 16.1. The van der Waals surface area contributed by atoms with Crippen LogP contribution in [0.4, 0.5) is 5.82 Å². The molecule has 0 unspecified atom stereocenters. The monoisotopic (exact) mass is 250 g/mol. The fourth-order valence-electron chi connectivity index (χ4n) is 2.48. The normalized spacial score (nSPS) is 23.9. The Hall–Kier alpha value is -1.52. The first-order chi connectivity index (χ1) is 8.58. The zero-order valence-electron chi connectivity index (χ0n) is 11.1. The zero-order chi connectivity index (χ0) is 13.1. The molecule has 1 aliphatic rings. The third kappa shape index (κ3) is 2.83. The lowest BCUT2D eigenvalue weighted by molar-refractivity contribution is -0.126. The van der Waals surface area contributed by atoms with Gasteiger partial charge in [-0.25, -0.2) is 0 Å². The lowest BCUT2D eigenvalue weighted by atomic mass is 9.82. The molecule has 18 heavy (non-hydrogen) atoms. The molecule has 1 aromatic rings. The van der Waals surface area contributed by atoms with Gasteiger partial charge in [-0.1, -0.05) is 6.92 Å². The van der Waals surface area contributed by atoms with E-state index in [4.69, 9.17) is 5.73 Å². The van der Waals surface area contributed by atoms with Crippen LogP contribution in [0.5, 0.6) is 0 Å². The number of carbonyl (C=O) groups is 1. The topological polar surface area (TPSA) is 72.9 Å². The van der Waals surface area contributed by atoms with E-state index in [1.54, 1.807) is 17.9 Å². The third-order valence-corrected chi connectivity index (χ3v) is 3.90. The van der Waals surface area contributed by atoms with E-state index in [1.165, 1.54) is 0 Å². The van der Waals surface area contributed by atoms with Crippen LogP contribution in [0.2, 0.25) is 0 Å². The molecule has 1 aliphatic carbocycles. The molecular weight excluding hydrogens is 228 g/mol. The maximum Gasteiger partial charge on any atom is 0.223 e. The van der Waals surface area contributed by atoms with Gasteiger partial charge in [-0.3, -0.25) is 9.48 Å². The number of anilines is 1. The van der Waals surface area contributed by atoms with E-state index in [0.29, 0.717) is 12.4 Å². The van der Waals surface area contributed by atoms with Crippen LogP contribution in [0.3, 0.4) is 0 Å². The minimum absolute atomic E-state index is 0.158. The number of amides is 1. The van der Waals surface area contributed by atoms with Crippen molar-refractivity contribution in [1.29, 1.82) is 0 Å². The van der Waals surface area contributed by atoms with Crippen molar-refractivity contribution in [2.45, 2.75) is 39.2 Å². The lowest BCUT2D eigenvalue weighted by Crippen LogP contribution is -2.32. The number of carbonyl (C=O) groups excluding carboxylic acids is 1. The van der Waals surface area contributed by atoms with Gasteiger partial charge in [0.1, 0.15) is 5.82 Å². The Morgan fingerprint density at radius 3 is 2.72 bits per heavy atom. The summed E-state index contributed by atoms with van der Waals surface area (Å²) in [6.07, 6.45) is 6.05. The average molecular weight is 250 g/mol. The van der Waals surface area contributed by atoms with Gasteiger partial charge in [0.2, 0.25) is 5.91 Å². The number of hydrogen-bond donors (Lipinski definition) is 2. The number of aromatic nitrogens is 2. The van der Waals surface area contributed by atoms with Crippen LogP contribution in [0, 0.1) is 11.8 Å². The number of hydrogen-bond acceptors (Lipinski definition) is 3. The molecule has 0 bridgehead atoms. The molecule has 0 radical (unpaired) electrons. The molecule has 1 aromatic heterocycles. The molecule has 1 amide bonds. The third-order valence-electron chi connectivity index (χ3n) is 3.90. The molecule has 1 heterocycles. The van der Waals surface area contributed by atoms with Gasteiger partial charge < -0.3 is 11.1 Å². The average Bonchev–Trinajstić information content (AvgIpc) is 2.68. The first kappa shape index (κ1) is 12.9. The fraction of sp³-hybridized carbons (Fsp3) is 0.692. The van der Waals surface area contributed by atoms with Crippen molar-refractivity contribution >= 4 is 11.7 Å². The molecule has 0 spiro atoms. The van der Waals surface area contributed by atoms with Crippen LogP contribution in [-0.4, -0.2) is 15.7 Å². The highest BCUT2D eigenvalue weighted by Gasteiger charge is 2.24. The molecule has 2 rings (SSSR count). The Morgan fingerprint density at radius 1 is 1.50 bits per heavy atom. The molecule has 5 heteroatoms. The Bertz CT molecular complexity index is 419. The summed E-state index contributed by atoms with van der Waals surface area (Å²) >= 11 is 0. The second-order valence-corrected chi connectivity index (χ2v) is 5.35. The van der Waals surface area contributed by atoms with Gasteiger partial charge in [0.05, 0.1) is 6.20 Å². The Labute approximate surface area is 108 Å². The predicted molar refractivity (Wildman–Crippen MR) is 70.6 cm³/mol. The van der Waals surface area contributed by atoms with E-state index in [9.17, 15) is 4.79 Å². The maximum atomic E-state index is 12.0. The Kier molecular flexibility index (Phi) is 3.89. The van der Waals surface area contributed by atoms with Gasteiger partial charge >= 0.3 is 0 Å². The van der Waals surface area contributed by atoms with Crippen molar-refractivity contribution in [3.05, 3.63) is 11.8 Å². The summed E-state index contributed by atoms with van der Waals surface area (Å²) in [5, 5.41) is 7.02. The van der Waals surface area contributed by atoms with Gasteiger partial charge in [-0.15, -0.1) is 0 Å². The molecule has 100 valence electrons. The molecular formula is C13H22N4O. The van der Waals surface area contributed by atoms with Crippen LogP contribution < -0.4 is 11.1 Å². The molecule has 1 fully saturated rings. The van der Waals surface area contributed by atoms with Gasteiger partial charge in [0.25, 0.3) is 0 Å². The highest BCUT2D eigenvalue weighted by Crippen LogP contribution is 2.28. The van der Waals surface area contributed by atoms with E-state index in [0.717, 1.165) is 37.2 Å². The van der Waals surface area contributed by atoms with Crippen LogP contribution in [-0.2, 0) is 18.4 Å². The quantitative estimate of drug-likeness (QED) is 0.852. The minimum Gasteiger partial charge on any atom is -0.384 e. The Morgan fingerprint density at radius 2 is 2.17 bits per heavy atom. The first-order valence-corrected chi connectivity index (χ1v) is 6.62. The maximum absolute atomic E-state index is 12.0. The molecule has 5 nitrogen and oxygen atoms in total. The van der Waals surface area contributed by atoms with Crippen molar-refractivity contribution in [1.82, 2.24) is 15.1 Å². The smallest absolute Gasteiger partial charge is 0.223 e. The van der Waals surface area contributed by atoms with Gasteiger partial charge in [-0.2, -0.15) is 5.10 Å². The van der Waals surface area contributed by atoms with Crippen molar-refractivity contribution in [3.63, 3.8) is 0 Å². The van der Waals surface area contributed by atoms with E-state index in [1.807, 2.05) is 0 Å². The minimum atomic E-state index is 0.158. The van der Waals surface area contributed by atoms with Crippen LogP contribution in [0.1, 0.15) is 38.2 Å². The highest BCUT2D eigenvalue weighted by molar-refractivity contribution is 5.78. The van der Waals surface area contributed by atoms with E-state index in [-0.39, 0.29) is 11.8 Å². The summed E-state index contributed by atoms with van der Waals surface area (Å²) in [5.41, 5.74) is 6.72. The van der Waals surface area contributed by atoms with Gasteiger partial charge in [0, 0.05) is 25.1 Å². The van der Waals surface area contributed by atoms with Crippen molar-refractivity contribution in [3.8, 4) is 0 Å². The number of nitrogens with zero attached hydrogens (tertiary/aromatic N) is 2. The van der Waals surface area contributed by atoms with Crippen LogP contribution >= 0.6 is 0 Å². The van der Waals surface area contributed by atoms with Crippen LogP contribution in [0.25, 0.3) is 0 Å². The predicted octanol–water partition coefficient (Wildman–Crippen LogP) is 1.44. The summed E-state index contributed by atoms with van der Waals surface area (Å²) in [6.45, 7) is 2.73. The number of nitrogen functional groups attached to an aromatic ring is 1. The van der Waals surface area contributed by atoms with E-state index >= 15 is 0 Å². The lowest BCUT2D eigenvalue weighted by Gasteiger charge is -2.25. The SMILES string of the molecule is CC1CCC(C(=O)NCc2cnn(C)c2N)CC1. The molecule has 0 aromatic carbocycles. The summed E-state index contributed by atoms with van der Waals surface area (Å²) in [5.74, 6) is 1.72. The summed E-state index contributed by atoms with van der Waals surface area (Å²) in [7, 11) is 1.79. The van der Waals surface area contributed by atoms with Crippen LogP contribution in [0.15, 0.2) is 6.20 Å². The molecule has 3 N–H and O–H groups in total. The number of rotatable bonds is 3. The summed E-state index contributed by atoms with van der Waals surface area (Å²) in [6, 6.07) is 0. The number of nitrogens with two attached hydrogens (primary N) is 1. The largest absolute Gasteiger partial charge is 0.384 e. The van der Waals surface area contributed by atoms with Crippen molar-refractivity contribution in [2.24, 2.45) is 18.9 Å². The first-order valence-electron chi connectivity index (χ1n) is 6.62. The fourth-order valence-corrected chi connectivity index (χ4v) is 2.48. The number of aryl methyl sites for hydroxylation is 1.